The molecule has 3 aromatic rings. The Morgan fingerprint density at radius 2 is 1.74 bits per heavy atom. The zero-order valence-corrected chi connectivity index (χ0v) is 11.0. The van der Waals surface area contributed by atoms with E-state index < -0.39 is 0 Å². The Bertz CT molecular complexity index is 768. The van der Waals surface area contributed by atoms with Gasteiger partial charge in [-0.3, -0.25) is 4.79 Å². The predicted molar refractivity (Wildman–Crippen MR) is 77.6 cm³/mol. The first-order chi connectivity index (χ1) is 9.18. The molecule has 0 radical (unpaired) electrons. The largest absolute Gasteiger partial charge is 0.360 e. The van der Waals surface area contributed by atoms with E-state index in [4.69, 9.17) is 0 Å². The number of ketones is 1. The van der Waals surface area contributed by atoms with Gasteiger partial charge in [0.2, 0.25) is 0 Å². The van der Waals surface area contributed by atoms with Crippen molar-refractivity contribution in [1.82, 2.24) is 4.98 Å². The van der Waals surface area contributed by atoms with Crippen LogP contribution in [0.4, 0.5) is 0 Å². The molecule has 0 saturated carbocycles. The average molecular weight is 249 g/mol. The molecular weight excluding hydrogens is 234 g/mol. The number of carbonyl (C=O) groups excluding carboxylic acids is 1. The number of fused-ring (bicyclic) bond motifs is 1. The van der Waals surface area contributed by atoms with Crippen LogP contribution < -0.4 is 0 Å². The fraction of sp³-hybridized carbons (Fsp3) is 0.118. The normalized spacial score (nSPS) is 10.8. The summed E-state index contributed by atoms with van der Waals surface area (Å²) in [4.78, 5) is 15.8. The Labute approximate surface area is 112 Å². The van der Waals surface area contributed by atoms with Gasteiger partial charge in [0.15, 0.2) is 5.78 Å². The fourth-order valence-electron chi connectivity index (χ4n) is 2.40. The summed E-state index contributed by atoms with van der Waals surface area (Å²) >= 11 is 0. The SMILES string of the molecule is Cc1cccc(C(=O)c2c[nH]c3ccccc23)c1C. The van der Waals surface area contributed by atoms with E-state index in [9.17, 15) is 4.79 Å². The number of para-hydroxylation sites is 1. The third-order valence-electron chi connectivity index (χ3n) is 3.68. The molecule has 0 aliphatic rings. The van der Waals surface area contributed by atoms with Crippen molar-refractivity contribution in [2.75, 3.05) is 0 Å². The van der Waals surface area contributed by atoms with Gasteiger partial charge in [0.25, 0.3) is 0 Å². The van der Waals surface area contributed by atoms with Crippen LogP contribution >= 0.6 is 0 Å². The van der Waals surface area contributed by atoms with Gasteiger partial charge < -0.3 is 4.98 Å². The van der Waals surface area contributed by atoms with Gasteiger partial charge in [-0.1, -0.05) is 36.4 Å². The topological polar surface area (TPSA) is 32.9 Å². The number of rotatable bonds is 2. The van der Waals surface area contributed by atoms with Gasteiger partial charge in [-0.15, -0.1) is 0 Å². The maximum absolute atomic E-state index is 12.7. The van der Waals surface area contributed by atoms with Crippen molar-refractivity contribution in [3.63, 3.8) is 0 Å². The van der Waals surface area contributed by atoms with Crippen LogP contribution in [0.1, 0.15) is 27.0 Å². The number of nitrogens with one attached hydrogen (secondary N) is 1. The van der Waals surface area contributed by atoms with Crippen LogP contribution in [0.25, 0.3) is 10.9 Å². The summed E-state index contributed by atoms with van der Waals surface area (Å²) in [5, 5.41) is 0.980. The summed E-state index contributed by atoms with van der Waals surface area (Å²) in [5.74, 6) is 0.0821. The molecule has 0 aliphatic heterocycles. The second-order valence-corrected chi connectivity index (χ2v) is 4.82. The number of aromatic amines is 1. The van der Waals surface area contributed by atoms with E-state index in [-0.39, 0.29) is 5.78 Å². The molecule has 3 rings (SSSR count). The zero-order valence-electron chi connectivity index (χ0n) is 11.0. The highest BCUT2D eigenvalue weighted by atomic mass is 16.1. The summed E-state index contributed by atoms with van der Waals surface area (Å²) in [5.41, 5.74) is 4.72. The van der Waals surface area contributed by atoms with Crippen LogP contribution in [0.2, 0.25) is 0 Å². The van der Waals surface area contributed by atoms with Gasteiger partial charge in [-0.25, -0.2) is 0 Å². The number of aromatic nitrogens is 1. The first-order valence-corrected chi connectivity index (χ1v) is 6.35. The molecule has 0 unspecified atom stereocenters. The van der Waals surface area contributed by atoms with Crippen LogP contribution in [0, 0.1) is 13.8 Å². The van der Waals surface area contributed by atoms with Gasteiger partial charge in [0, 0.05) is 28.2 Å². The lowest BCUT2D eigenvalue weighted by atomic mass is 9.96. The van der Waals surface area contributed by atoms with Crippen molar-refractivity contribution >= 4 is 16.7 Å². The number of carbonyl (C=O) groups is 1. The minimum Gasteiger partial charge on any atom is -0.360 e. The maximum atomic E-state index is 12.7. The van der Waals surface area contributed by atoms with Gasteiger partial charge in [0.05, 0.1) is 0 Å². The smallest absolute Gasteiger partial charge is 0.195 e. The second-order valence-electron chi connectivity index (χ2n) is 4.82. The maximum Gasteiger partial charge on any atom is 0.195 e. The standard InChI is InChI=1S/C17H15NO/c1-11-6-5-8-13(12(11)2)17(19)15-10-18-16-9-4-3-7-14(15)16/h3-10,18H,1-2H3. The highest BCUT2D eigenvalue weighted by molar-refractivity contribution is 6.17. The van der Waals surface area contributed by atoms with Gasteiger partial charge in [0.1, 0.15) is 0 Å². The number of hydrogen-bond acceptors (Lipinski definition) is 1. The van der Waals surface area contributed by atoms with Crippen LogP contribution in [0.15, 0.2) is 48.7 Å². The lowest BCUT2D eigenvalue weighted by molar-refractivity contribution is 0.103. The van der Waals surface area contributed by atoms with E-state index in [1.807, 2.05) is 56.3 Å². The van der Waals surface area contributed by atoms with Crippen molar-refractivity contribution in [3.05, 3.63) is 70.9 Å². The van der Waals surface area contributed by atoms with Crippen molar-refractivity contribution < 1.29 is 4.79 Å². The van der Waals surface area contributed by atoms with E-state index in [1.54, 1.807) is 6.20 Å². The first-order valence-electron chi connectivity index (χ1n) is 6.35. The van der Waals surface area contributed by atoms with Crippen molar-refractivity contribution in [3.8, 4) is 0 Å². The number of H-pyrrole nitrogens is 1. The molecule has 1 aromatic heterocycles. The minimum absolute atomic E-state index is 0.0821. The molecule has 0 saturated heterocycles. The van der Waals surface area contributed by atoms with Gasteiger partial charge in [-0.05, 0) is 31.0 Å². The molecule has 0 fully saturated rings. The third-order valence-corrected chi connectivity index (χ3v) is 3.68. The van der Waals surface area contributed by atoms with Crippen LogP contribution in [-0.4, -0.2) is 10.8 Å². The molecule has 2 aromatic carbocycles. The highest BCUT2D eigenvalue weighted by Crippen LogP contribution is 2.23. The van der Waals surface area contributed by atoms with Crippen LogP contribution in [-0.2, 0) is 0 Å². The summed E-state index contributed by atoms with van der Waals surface area (Å²) < 4.78 is 0. The van der Waals surface area contributed by atoms with Crippen LogP contribution in [0.3, 0.4) is 0 Å². The number of benzene rings is 2. The van der Waals surface area contributed by atoms with Crippen molar-refractivity contribution in [2.45, 2.75) is 13.8 Å². The molecule has 0 amide bonds. The molecule has 2 heteroatoms. The molecule has 1 heterocycles. The van der Waals surface area contributed by atoms with Crippen LogP contribution in [0.5, 0.6) is 0 Å². The minimum atomic E-state index is 0.0821. The monoisotopic (exact) mass is 249 g/mol. The van der Waals surface area contributed by atoms with E-state index >= 15 is 0 Å². The Kier molecular flexibility index (Phi) is 2.71. The average Bonchev–Trinajstić information content (AvgIpc) is 2.85. The Hall–Kier alpha value is -2.35. The fourth-order valence-corrected chi connectivity index (χ4v) is 2.40. The van der Waals surface area contributed by atoms with E-state index in [1.165, 1.54) is 0 Å². The molecule has 0 spiro atoms. The Morgan fingerprint density at radius 3 is 2.58 bits per heavy atom. The summed E-state index contributed by atoms with van der Waals surface area (Å²) in [6, 6.07) is 13.7. The highest BCUT2D eigenvalue weighted by Gasteiger charge is 2.16. The molecule has 0 aliphatic carbocycles. The molecule has 19 heavy (non-hydrogen) atoms. The molecule has 94 valence electrons. The van der Waals surface area contributed by atoms with Gasteiger partial charge in [-0.2, -0.15) is 0 Å². The van der Waals surface area contributed by atoms with E-state index in [0.29, 0.717) is 0 Å². The molecular formula is C17H15NO. The van der Waals surface area contributed by atoms with E-state index in [0.717, 1.165) is 33.2 Å². The van der Waals surface area contributed by atoms with E-state index in [2.05, 4.69) is 4.98 Å². The summed E-state index contributed by atoms with van der Waals surface area (Å²) in [6.45, 7) is 4.03. The Balaban J connectivity index is 2.17. The van der Waals surface area contributed by atoms with Crippen molar-refractivity contribution in [2.24, 2.45) is 0 Å². The summed E-state index contributed by atoms with van der Waals surface area (Å²) in [6.07, 6.45) is 1.80. The molecule has 1 N–H and O–H groups in total. The third kappa shape index (κ3) is 1.85. The molecule has 0 bridgehead atoms. The zero-order chi connectivity index (χ0) is 13.4. The lowest BCUT2D eigenvalue weighted by Gasteiger charge is -2.06. The lowest BCUT2D eigenvalue weighted by Crippen LogP contribution is -2.04. The number of hydrogen-bond donors (Lipinski definition) is 1. The second kappa shape index (κ2) is 4.39. The summed E-state index contributed by atoms with van der Waals surface area (Å²) in [7, 11) is 0. The van der Waals surface area contributed by atoms with Crippen molar-refractivity contribution in [1.29, 1.82) is 0 Å². The van der Waals surface area contributed by atoms with Gasteiger partial charge >= 0.3 is 0 Å². The Morgan fingerprint density at radius 1 is 0.947 bits per heavy atom. The number of aryl methyl sites for hydroxylation is 1. The molecule has 0 atom stereocenters. The first kappa shape index (κ1) is 11.7. The predicted octanol–water partition coefficient (Wildman–Crippen LogP) is 4.02. The quantitative estimate of drug-likeness (QED) is 0.684. The molecule has 2 nitrogen and oxygen atoms in total.